The quantitative estimate of drug-likeness (QED) is 0.761. The largest absolute Gasteiger partial charge is 0.341 e. The van der Waals surface area contributed by atoms with Crippen LogP contribution in [0.25, 0.3) is 0 Å². The standard InChI is InChI=1S/C6H8ClN5OS/c1-11-6(13)12(3-8-11)5-10-9-4(2-7)14-5/h8H,2-3H2,1H3. The Hall–Kier alpha value is -0.920. The molecule has 14 heavy (non-hydrogen) atoms. The second-order valence-corrected chi connectivity index (χ2v) is 4.01. The molecule has 76 valence electrons. The first-order chi connectivity index (χ1) is 6.72. The van der Waals surface area contributed by atoms with Crippen molar-refractivity contribution in [1.29, 1.82) is 0 Å². The predicted octanol–water partition coefficient (Wildman–Crippen LogP) is 0.611. The van der Waals surface area contributed by atoms with Crippen molar-refractivity contribution in [2.45, 2.75) is 5.88 Å². The van der Waals surface area contributed by atoms with Gasteiger partial charge in [-0.25, -0.2) is 10.2 Å². The molecule has 0 spiro atoms. The van der Waals surface area contributed by atoms with Gasteiger partial charge in [0.1, 0.15) is 5.01 Å². The topological polar surface area (TPSA) is 61.4 Å². The van der Waals surface area contributed by atoms with Crippen molar-refractivity contribution < 1.29 is 4.79 Å². The second-order valence-electron chi connectivity index (χ2n) is 2.70. The number of nitrogens with zero attached hydrogens (tertiary/aromatic N) is 4. The molecule has 0 bridgehead atoms. The number of hydrogen-bond donors (Lipinski definition) is 1. The molecule has 1 aliphatic rings. The van der Waals surface area contributed by atoms with E-state index in [-0.39, 0.29) is 6.03 Å². The Labute approximate surface area is 89.4 Å². The van der Waals surface area contributed by atoms with Gasteiger partial charge in [-0.1, -0.05) is 11.3 Å². The summed E-state index contributed by atoms with van der Waals surface area (Å²) in [5.41, 5.74) is 2.86. The third-order valence-corrected chi connectivity index (χ3v) is 3.14. The molecular formula is C6H8ClN5OS. The lowest BCUT2D eigenvalue weighted by atomic mass is 10.8. The molecule has 0 radical (unpaired) electrons. The van der Waals surface area contributed by atoms with Crippen LogP contribution >= 0.6 is 22.9 Å². The first-order valence-corrected chi connectivity index (χ1v) is 5.24. The van der Waals surface area contributed by atoms with E-state index in [0.717, 1.165) is 0 Å². The number of nitrogens with one attached hydrogen (secondary N) is 1. The molecule has 0 aromatic carbocycles. The molecule has 1 fully saturated rings. The lowest BCUT2D eigenvalue weighted by Gasteiger charge is -2.08. The van der Waals surface area contributed by atoms with Gasteiger partial charge < -0.3 is 0 Å². The van der Waals surface area contributed by atoms with Crippen LogP contribution in [0.15, 0.2) is 0 Å². The van der Waals surface area contributed by atoms with Gasteiger partial charge in [0.25, 0.3) is 0 Å². The molecule has 2 heterocycles. The maximum Gasteiger partial charge on any atom is 0.341 e. The molecule has 2 amide bonds. The van der Waals surface area contributed by atoms with Crippen molar-refractivity contribution in [2.75, 3.05) is 18.6 Å². The predicted molar refractivity (Wildman–Crippen MR) is 53.1 cm³/mol. The average molecular weight is 234 g/mol. The van der Waals surface area contributed by atoms with E-state index in [2.05, 4.69) is 15.6 Å². The number of carbonyl (C=O) groups is 1. The third-order valence-electron chi connectivity index (χ3n) is 1.79. The number of halogens is 1. The first-order valence-electron chi connectivity index (χ1n) is 3.89. The van der Waals surface area contributed by atoms with Gasteiger partial charge in [0.15, 0.2) is 0 Å². The Balaban J connectivity index is 2.19. The number of aromatic nitrogens is 2. The van der Waals surface area contributed by atoms with Gasteiger partial charge in [-0.3, -0.25) is 9.91 Å². The Kier molecular flexibility index (Phi) is 2.53. The number of carbonyl (C=O) groups excluding carboxylic acids is 1. The summed E-state index contributed by atoms with van der Waals surface area (Å²) in [5, 5.41) is 10.4. The molecule has 0 saturated carbocycles. The van der Waals surface area contributed by atoms with E-state index in [0.29, 0.717) is 22.7 Å². The maximum atomic E-state index is 11.5. The molecule has 1 N–H and O–H groups in total. The minimum absolute atomic E-state index is 0.137. The van der Waals surface area contributed by atoms with E-state index < -0.39 is 0 Å². The molecule has 6 nitrogen and oxygen atoms in total. The van der Waals surface area contributed by atoms with E-state index in [1.165, 1.54) is 21.2 Å². The van der Waals surface area contributed by atoms with Gasteiger partial charge in [0.05, 0.1) is 12.5 Å². The second kappa shape index (κ2) is 3.68. The average Bonchev–Trinajstić information content (AvgIpc) is 2.75. The molecule has 2 rings (SSSR count). The highest BCUT2D eigenvalue weighted by Crippen LogP contribution is 2.23. The summed E-state index contributed by atoms with van der Waals surface area (Å²) in [7, 11) is 1.66. The minimum Gasteiger partial charge on any atom is -0.261 e. The molecule has 8 heteroatoms. The van der Waals surface area contributed by atoms with E-state index in [1.807, 2.05) is 0 Å². The smallest absolute Gasteiger partial charge is 0.261 e. The summed E-state index contributed by atoms with van der Waals surface area (Å²) < 4.78 is 0. The van der Waals surface area contributed by atoms with Crippen LogP contribution in [0, 0.1) is 0 Å². The maximum absolute atomic E-state index is 11.5. The van der Waals surface area contributed by atoms with Crippen LogP contribution in [0.1, 0.15) is 5.01 Å². The number of urea groups is 1. The van der Waals surface area contributed by atoms with E-state index in [4.69, 9.17) is 11.6 Å². The lowest BCUT2D eigenvalue weighted by Crippen LogP contribution is -2.31. The van der Waals surface area contributed by atoms with Gasteiger partial charge >= 0.3 is 6.03 Å². The summed E-state index contributed by atoms with van der Waals surface area (Å²) in [4.78, 5) is 13.0. The third kappa shape index (κ3) is 1.54. The van der Waals surface area contributed by atoms with Crippen LogP contribution in [-0.4, -0.2) is 35.0 Å². The van der Waals surface area contributed by atoms with Crippen LogP contribution in [0.5, 0.6) is 0 Å². The van der Waals surface area contributed by atoms with Crippen molar-refractivity contribution in [3.05, 3.63) is 5.01 Å². The molecule has 1 saturated heterocycles. The SMILES string of the molecule is CN1NCN(c2nnc(CCl)s2)C1=O. The van der Waals surface area contributed by atoms with Crippen molar-refractivity contribution in [3.8, 4) is 0 Å². The lowest BCUT2D eigenvalue weighted by molar-refractivity contribution is 0.217. The Morgan fingerprint density at radius 3 is 2.93 bits per heavy atom. The molecule has 1 aliphatic heterocycles. The highest BCUT2D eigenvalue weighted by atomic mass is 35.5. The van der Waals surface area contributed by atoms with Crippen molar-refractivity contribution in [2.24, 2.45) is 0 Å². The summed E-state index contributed by atoms with van der Waals surface area (Å²) in [6.45, 7) is 0.423. The zero-order valence-electron chi connectivity index (χ0n) is 7.40. The molecule has 1 aromatic rings. The molecule has 0 unspecified atom stereocenters. The van der Waals surface area contributed by atoms with Gasteiger partial charge in [-0.05, 0) is 0 Å². The van der Waals surface area contributed by atoms with Gasteiger partial charge in [0.2, 0.25) is 5.13 Å². The van der Waals surface area contributed by atoms with Gasteiger partial charge in [-0.2, -0.15) is 0 Å². The normalized spacial score (nSPS) is 16.9. The number of hydrogen-bond acceptors (Lipinski definition) is 5. The minimum atomic E-state index is -0.137. The first kappa shape index (κ1) is 9.63. The number of anilines is 1. The Bertz CT molecular complexity index is 356. The summed E-state index contributed by atoms with van der Waals surface area (Å²) >= 11 is 6.91. The van der Waals surface area contributed by atoms with Crippen molar-refractivity contribution >= 4 is 34.1 Å². The highest BCUT2D eigenvalue weighted by Gasteiger charge is 2.28. The number of amides is 2. The van der Waals surface area contributed by atoms with E-state index >= 15 is 0 Å². The van der Waals surface area contributed by atoms with Crippen LogP contribution in [0.3, 0.4) is 0 Å². The molecule has 1 aromatic heterocycles. The zero-order valence-corrected chi connectivity index (χ0v) is 8.97. The van der Waals surface area contributed by atoms with E-state index in [9.17, 15) is 4.79 Å². The number of hydrazine groups is 1. The summed E-state index contributed by atoms with van der Waals surface area (Å²) in [6.07, 6.45) is 0. The molecule has 0 atom stereocenters. The van der Waals surface area contributed by atoms with Crippen LogP contribution in [0.2, 0.25) is 0 Å². The number of rotatable bonds is 2. The fourth-order valence-electron chi connectivity index (χ4n) is 1.05. The van der Waals surface area contributed by atoms with Crippen LogP contribution < -0.4 is 10.3 Å². The van der Waals surface area contributed by atoms with Crippen molar-refractivity contribution in [1.82, 2.24) is 20.6 Å². The molecular weight excluding hydrogens is 226 g/mol. The fourth-order valence-corrected chi connectivity index (χ4v) is 1.95. The van der Waals surface area contributed by atoms with Crippen molar-refractivity contribution in [3.63, 3.8) is 0 Å². The fraction of sp³-hybridized carbons (Fsp3) is 0.500. The summed E-state index contributed by atoms with van der Waals surface area (Å²) in [6, 6.07) is -0.137. The highest BCUT2D eigenvalue weighted by molar-refractivity contribution is 7.15. The van der Waals surface area contributed by atoms with Crippen LogP contribution in [-0.2, 0) is 5.88 Å². The summed E-state index contributed by atoms with van der Waals surface area (Å²) in [5.74, 6) is 0.322. The Morgan fingerprint density at radius 2 is 2.43 bits per heavy atom. The van der Waals surface area contributed by atoms with Gasteiger partial charge in [0, 0.05) is 7.05 Å². The van der Waals surface area contributed by atoms with Gasteiger partial charge in [-0.15, -0.1) is 21.8 Å². The molecule has 0 aliphatic carbocycles. The number of alkyl halides is 1. The van der Waals surface area contributed by atoms with E-state index in [1.54, 1.807) is 7.05 Å². The van der Waals surface area contributed by atoms with Crippen LogP contribution in [0.4, 0.5) is 9.93 Å². The zero-order chi connectivity index (χ0) is 10.1. The monoisotopic (exact) mass is 233 g/mol. The Morgan fingerprint density at radius 1 is 1.64 bits per heavy atom.